The van der Waals surface area contributed by atoms with E-state index in [-0.39, 0.29) is 71.2 Å². The van der Waals surface area contributed by atoms with Gasteiger partial charge in [-0.05, 0) is 113 Å². The van der Waals surface area contributed by atoms with Gasteiger partial charge in [0.1, 0.15) is 24.4 Å². The van der Waals surface area contributed by atoms with E-state index in [1.807, 2.05) is 0 Å². The lowest BCUT2D eigenvalue weighted by atomic mass is 9.84. The highest BCUT2D eigenvalue weighted by Gasteiger charge is 2.62. The molecule has 0 unspecified atom stereocenters. The average Bonchev–Trinajstić information content (AvgIpc) is 4.11. The summed E-state index contributed by atoms with van der Waals surface area (Å²) in [7, 11) is 4.64. The molecule has 8 rings (SSSR count). The van der Waals surface area contributed by atoms with E-state index < -0.39 is 0 Å². The third-order valence-electron chi connectivity index (χ3n) is 13.3. The first-order valence-corrected chi connectivity index (χ1v) is 23.0. The maximum Gasteiger partial charge on any atom is 0.334 e. The van der Waals surface area contributed by atoms with Gasteiger partial charge in [-0.3, -0.25) is 9.59 Å². The van der Waals surface area contributed by atoms with Gasteiger partial charge in [-0.15, -0.1) is 0 Å². The van der Waals surface area contributed by atoms with Crippen molar-refractivity contribution in [2.75, 3.05) is 34.4 Å². The molecule has 15 heteroatoms. The van der Waals surface area contributed by atoms with Gasteiger partial charge in [-0.1, -0.05) is 65.7 Å². The first-order valence-electron chi connectivity index (χ1n) is 22.2. The van der Waals surface area contributed by atoms with E-state index in [1.54, 1.807) is 63.8 Å². The van der Waals surface area contributed by atoms with E-state index in [0.717, 1.165) is 73.6 Å². The van der Waals surface area contributed by atoms with Crippen LogP contribution < -0.4 is 24.8 Å². The normalized spacial score (nSPS) is 30.6. The summed E-state index contributed by atoms with van der Waals surface area (Å²) in [5.41, 5.74) is 4.21. The molecule has 0 spiro atoms. The Balaban J connectivity index is 0.000000198. The molecule has 6 aliphatic rings. The van der Waals surface area contributed by atoms with Crippen molar-refractivity contribution < 1.29 is 52.3 Å². The molecule has 2 aromatic rings. The van der Waals surface area contributed by atoms with Crippen LogP contribution in [0.1, 0.15) is 76.3 Å². The third-order valence-corrected chi connectivity index (χ3v) is 13.9. The highest BCUT2D eigenvalue weighted by atomic mass is 35.5. The van der Waals surface area contributed by atoms with E-state index in [0.29, 0.717) is 51.5 Å². The average molecular weight is 946 g/mol. The molecule has 13 nitrogen and oxygen atoms in total. The molecule has 2 amide bonds. The summed E-state index contributed by atoms with van der Waals surface area (Å²) in [5, 5.41) is 6.93. The Morgan fingerprint density at radius 2 is 1.23 bits per heavy atom. The van der Waals surface area contributed by atoms with Gasteiger partial charge in [-0.2, -0.15) is 0 Å². The van der Waals surface area contributed by atoms with Crippen LogP contribution >= 0.6 is 23.2 Å². The number of hydrogen-bond acceptors (Lipinski definition) is 11. The van der Waals surface area contributed by atoms with Gasteiger partial charge in [0, 0.05) is 58.3 Å². The Bertz CT molecular complexity index is 2370. The monoisotopic (exact) mass is 944 g/mol. The summed E-state index contributed by atoms with van der Waals surface area (Å²) in [6.45, 7) is 12.9. The predicted molar refractivity (Wildman–Crippen MR) is 251 cm³/mol. The number of allylic oxidation sites excluding steroid dienone is 2. The Hall–Kier alpha value is -5.34. The largest absolute Gasteiger partial charge is 0.493 e. The second kappa shape index (κ2) is 20.7. The predicted octanol–water partition coefficient (Wildman–Crippen LogP) is 8.48. The molecule has 4 heterocycles. The Kier molecular flexibility index (Phi) is 15.2. The summed E-state index contributed by atoms with van der Waals surface area (Å²) in [5.74, 6) is 0.348. The molecule has 0 bridgehead atoms. The highest BCUT2D eigenvalue weighted by Crippen LogP contribution is 2.51. The van der Waals surface area contributed by atoms with Crippen molar-refractivity contribution in [2.45, 2.75) is 101 Å². The molecular weight excluding hydrogens is 887 g/mol. The van der Waals surface area contributed by atoms with Gasteiger partial charge in [0.25, 0.3) is 0 Å². The number of methoxy groups -OCH3 is 3. The number of halogens is 2. The van der Waals surface area contributed by atoms with Crippen LogP contribution in [0.25, 0.3) is 12.2 Å². The number of benzene rings is 2. The van der Waals surface area contributed by atoms with Gasteiger partial charge in [-0.25, -0.2) is 9.59 Å². The number of epoxide rings is 2. The molecule has 4 fully saturated rings. The summed E-state index contributed by atoms with van der Waals surface area (Å²) in [6, 6.07) is 8.68. The number of rotatable bonds is 11. The molecular formula is C51H58Cl2N2O11. The molecule has 66 heavy (non-hydrogen) atoms. The molecule has 8 atom stereocenters. The van der Waals surface area contributed by atoms with Crippen molar-refractivity contribution >= 4 is 59.1 Å². The number of ether oxygens (including phenoxy) is 7. The number of amides is 2. The smallest absolute Gasteiger partial charge is 0.334 e. The van der Waals surface area contributed by atoms with E-state index in [9.17, 15) is 19.2 Å². The van der Waals surface area contributed by atoms with E-state index in [4.69, 9.17) is 56.4 Å². The second-order valence-electron chi connectivity index (χ2n) is 17.8. The van der Waals surface area contributed by atoms with Gasteiger partial charge >= 0.3 is 11.9 Å². The minimum absolute atomic E-state index is 0.0523. The lowest BCUT2D eigenvalue weighted by molar-refractivity contribution is -0.140. The molecule has 4 aliphatic heterocycles. The number of nitrogens with one attached hydrogen (secondary N) is 2. The molecule has 2 N–H and O–H groups in total. The number of hydrogen-bond donors (Lipinski definition) is 2. The quantitative estimate of drug-likeness (QED) is 0.0962. The molecule has 4 saturated heterocycles. The summed E-state index contributed by atoms with van der Waals surface area (Å²) >= 11 is 12.0. The minimum Gasteiger partial charge on any atom is -0.493 e. The first kappa shape index (κ1) is 48.6. The number of carbonyl (C=O) groups excluding carboxylic acids is 4. The van der Waals surface area contributed by atoms with Crippen LogP contribution in [0.15, 0.2) is 90.1 Å². The fourth-order valence-electron chi connectivity index (χ4n) is 9.25. The standard InChI is InChI=1S/C27H33NO7.C24H25Cl2NO4/c1-16-19-10-8-17(7-6-12-27(2)25(35-27)23(19)34-26(16)30)15-28-22(29)11-9-18-13-20(31-3)24(33-5)21(14-18)32-4;1-14-18-9-5-15(4-3-11-24(2)22(31-24)21(18)30-23(14)29)13-27-20(28)10-7-16-6-8-17(25)12-19(16)26/h7,9,11,13-14,19,23,25H,1,6,8,10,12,15H2,2-5H3,(H,28,29);4,6-8,10,12,18,21-22H,1,3,5,9,11,13H2,2H3,(H,27,28)/b11-9+,17-7+;10-7+,15-4+/t19-,23-,25-,27+;18-,21-,22-,24+/m00/s1. The van der Waals surface area contributed by atoms with Crippen LogP contribution in [0.4, 0.5) is 0 Å². The molecule has 2 aromatic carbocycles. The Morgan fingerprint density at radius 1 is 0.742 bits per heavy atom. The van der Waals surface area contributed by atoms with Crippen molar-refractivity contribution in [1.29, 1.82) is 0 Å². The van der Waals surface area contributed by atoms with Gasteiger partial charge in [0.15, 0.2) is 11.5 Å². The van der Waals surface area contributed by atoms with Gasteiger partial charge in [0.2, 0.25) is 17.6 Å². The van der Waals surface area contributed by atoms with E-state index >= 15 is 0 Å². The van der Waals surface area contributed by atoms with Crippen molar-refractivity contribution in [2.24, 2.45) is 11.8 Å². The summed E-state index contributed by atoms with van der Waals surface area (Å²) < 4.78 is 39.1. The Morgan fingerprint density at radius 3 is 1.68 bits per heavy atom. The van der Waals surface area contributed by atoms with Crippen LogP contribution in [-0.2, 0) is 38.1 Å². The van der Waals surface area contributed by atoms with Gasteiger partial charge in [0.05, 0.1) is 32.5 Å². The zero-order chi connectivity index (χ0) is 47.3. The lowest BCUT2D eigenvalue weighted by Gasteiger charge is -2.20. The zero-order valence-electron chi connectivity index (χ0n) is 38.0. The van der Waals surface area contributed by atoms with Crippen LogP contribution in [0.3, 0.4) is 0 Å². The van der Waals surface area contributed by atoms with Gasteiger partial charge < -0.3 is 43.8 Å². The van der Waals surface area contributed by atoms with Crippen LogP contribution in [0.2, 0.25) is 10.0 Å². The topological polar surface area (TPSA) is 164 Å². The second-order valence-corrected chi connectivity index (χ2v) is 18.7. The number of esters is 2. The fourth-order valence-corrected chi connectivity index (χ4v) is 9.72. The van der Waals surface area contributed by atoms with Crippen molar-refractivity contribution in [1.82, 2.24) is 10.6 Å². The van der Waals surface area contributed by atoms with E-state index in [2.05, 4.69) is 49.8 Å². The minimum atomic E-state index is -0.326. The third kappa shape index (κ3) is 11.3. The number of fused-ring (bicyclic) bond motifs is 6. The summed E-state index contributed by atoms with van der Waals surface area (Å²) in [6.07, 6.45) is 16.3. The molecule has 2 aliphatic carbocycles. The maximum absolute atomic E-state index is 12.5. The highest BCUT2D eigenvalue weighted by molar-refractivity contribution is 6.35. The first-order chi connectivity index (χ1) is 31.6. The molecule has 0 aromatic heterocycles. The van der Waals surface area contributed by atoms with Crippen molar-refractivity contribution in [3.63, 3.8) is 0 Å². The van der Waals surface area contributed by atoms with Crippen LogP contribution in [0.5, 0.6) is 17.2 Å². The van der Waals surface area contributed by atoms with Crippen molar-refractivity contribution in [3.05, 3.63) is 111 Å². The fraction of sp³-hybridized carbons (Fsp3) is 0.451. The van der Waals surface area contributed by atoms with Crippen LogP contribution in [0, 0.1) is 11.8 Å². The zero-order valence-corrected chi connectivity index (χ0v) is 39.6. The summed E-state index contributed by atoms with van der Waals surface area (Å²) in [4.78, 5) is 49.0. The molecule has 0 saturated carbocycles. The maximum atomic E-state index is 12.5. The molecule has 352 valence electrons. The number of carbonyl (C=O) groups is 4. The lowest BCUT2D eigenvalue weighted by Crippen LogP contribution is -2.29. The Labute approximate surface area is 396 Å². The van der Waals surface area contributed by atoms with E-state index in [1.165, 1.54) is 12.2 Å². The molecule has 0 radical (unpaired) electrons. The van der Waals surface area contributed by atoms with Crippen LogP contribution in [-0.4, -0.2) is 93.8 Å². The SMILES string of the molecule is C=C1C(=O)O[C@H]2[C@H]1CC/C(CNC(=O)/C=C/c1cc(OC)c(OC)c(OC)c1)=C\CC[C@@]1(C)O[C@@H]21.C=C1C(=O)O[C@H]2[C@H]1CC/C(CNC(=O)/C=C/c1ccc(Cl)cc1Cl)=C\CC[C@@]1(C)O[C@@H]21. The van der Waals surface area contributed by atoms with Crippen molar-refractivity contribution in [3.8, 4) is 17.2 Å².